The third kappa shape index (κ3) is 3.60. The molecule has 1 aliphatic rings. The van der Waals surface area contributed by atoms with E-state index in [9.17, 15) is 25.5 Å². The molecule has 0 radical (unpaired) electrons. The molecule has 1 aromatic rings. The molecule has 1 aliphatic carbocycles. The van der Waals surface area contributed by atoms with Crippen molar-refractivity contribution in [2.24, 2.45) is 0 Å². The summed E-state index contributed by atoms with van der Waals surface area (Å²) < 4.78 is 0. The summed E-state index contributed by atoms with van der Waals surface area (Å²) in [5, 5.41) is 51.9. The number of nitrogens with one attached hydrogen (secondary N) is 1. The summed E-state index contributed by atoms with van der Waals surface area (Å²) >= 11 is 0. The zero-order valence-corrected chi connectivity index (χ0v) is 11.8. The van der Waals surface area contributed by atoms with Crippen molar-refractivity contribution in [3.63, 3.8) is 0 Å². The monoisotopic (exact) mass is 297 g/mol. The van der Waals surface area contributed by atoms with Crippen LogP contribution in [0.1, 0.15) is 12.0 Å². The molecular formula is C15H23NO5. The first-order chi connectivity index (χ1) is 9.98. The maximum atomic E-state index is 10.1. The predicted molar refractivity (Wildman–Crippen MR) is 76.6 cm³/mol. The van der Waals surface area contributed by atoms with Crippen LogP contribution in [0.5, 0.6) is 0 Å². The Balaban J connectivity index is 1.92. The molecule has 21 heavy (non-hydrogen) atoms. The van der Waals surface area contributed by atoms with E-state index in [4.69, 9.17) is 0 Å². The lowest BCUT2D eigenvalue weighted by Crippen LogP contribution is -2.67. The van der Waals surface area contributed by atoms with Gasteiger partial charge in [0.2, 0.25) is 0 Å². The Hall–Kier alpha value is -1.02. The molecule has 0 spiro atoms. The number of hydrogen-bond acceptors (Lipinski definition) is 6. The van der Waals surface area contributed by atoms with Crippen LogP contribution in [-0.4, -0.2) is 68.6 Å². The topological polar surface area (TPSA) is 113 Å². The second kappa shape index (κ2) is 6.83. The Labute approximate surface area is 123 Å². The summed E-state index contributed by atoms with van der Waals surface area (Å²) in [6, 6.07) is 9.19. The molecule has 0 saturated heterocycles. The molecule has 1 fully saturated rings. The molecule has 6 heteroatoms. The smallest absolute Gasteiger partial charge is 0.118 e. The van der Waals surface area contributed by atoms with Gasteiger partial charge in [-0.1, -0.05) is 30.3 Å². The summed E-state index contributed by atoms with van der Waals surface area (Å²) in [5.74, 6) is 0. The summed E-state index contributed by atoms with van der Waals surface area (Å²) in [5.41, 5.74) is -0.670. The van der Waals surface area contributed by atoms with Gasteiger partial charge in [0.1, 0.15) is 17.8 Å². The minimum atomic E-state index is -1.80. The predicted octanol–water partition coefficient (Wildman–Crippen LogP) is -1.60. The van der Waals surface area contributed by atoms with Gasteiger partial charge in [-0.2, -0.15) is 0 Å². The summed E-state index contributed by atoms with van der Waals surface area (Å²) in [4.78, 5) is 0. The lowest BCUT2D eigenvalue weighted by Gasteiger charge is -2.45. The van der Waals surface area contributed by atoms with Crippen molar-refractivity contribution < 1.29 is 25.5 Å². The normalized spacial score (nSPS) is 36.6. The molecule has 5 atom stereocenters. The largest absolute Gasteiger partial charge is 0.393 e. The average Bonchev–Trinajstić information content (AvgIpc) is 2.51. The van der Waals surface area contributed by atoms with Crippen LogP contribution in [0.25, 0.3) is 0 Å². The Morgan fingerprint density at radius 3 is 2.38 bits per heavy atom. The van der Waals surface area contributed by atoms with Crippen molar-refractivity contribution in [3.05, 3.63) is 35.9 Å². The van der Waals surface area contributed by atoms with Crippen LogP contribution >= 0.6 is 0 Å². The summed E-state index contributed by atoms with van der Waals surface area (Å²) in [6.07, 6.45) is -3.55. The number of hydrogen-bond donors (Lipinski definition) is 6. The maximum Gasteiger partial charge on any atom is 0.118 e. The van der Waals surface area contributed by atoms with Gasteiger partial charge >= 0.3 is 0 Å². The van der Waals surface area contributed by atoms with Crippen molar-refractivity contribution in [1.29, 1.82) is 0 Å². The molecule has 0 bridgehead atoms. The molecular weight excluding hydrogens is 274 g/mol. The SMILES string of the molecule is OC[C@@]1(O)C[C@H](NCCc2ccccc2)[C@H](O)[C@@H](O)[C@@H]1O. The minimum absolute atomic E-state index is 0.0301. The molecule has 0 unspecified atom stereocenters. The maximum absolute atomic E-state index is 10.1. The van der Waals surface area contributed by atoms with Crippen molar-refractivity contribution in [1.82, 2.24) is 5.32 Å². The molecule has 6 nitrogen and oxygen atoms in total. The lowest BCUT2D eigenvalue weighted by atomic mass is 9.76. The van der Waals surface area contributed by atoms with Gasteiger partial charge in [-0.05, 0) is 24.9 Å². The van der Waals surface area contributed by atoms with Gasteiger partial charge in [-0.3, -0.25) is 0 Å². The Bertz CT molecular complexity index is 443. The molecule has 0 aliphatic heterocycles. The lowest BCUT2D eigenvalue weighted by molar-refractivity contribution is -0.206. The zero-order chi connectivity index (χ0) is 15.5. The van der Waals surface area contributed by atoms with E-state index in [2.05, 4.69) is 5.32 Å². The highest BCUT2D eigenvalue weighted by Gasteiger charge is 2.50. The van der Waals surface area contributed by atoms with Gasteiger partial charge in [-0.25, -0.2) is 0 Å². The van der Waals surface area contributed by atoms with E-state index in [1.54, 1.807) is 0 Å². The van der Waals surface area contributed by atoms with Crippen LogP contribution in [0.15, 0.2) is 30.3 Å². The van der Waals surface area contributed by atoms with Crippen molar-refractivity contribution in [2.45, 2.75) is 42.8 Å². The van der Waals surface area contributed by atoms with E-state index in [1.165, 1.54) is 0 Å². The molecule has 1 saturated carbocycles. The van der Waals surface area contributed by atoms with Crippen LogP contribution in [0.4, 0.5) is 0 Å². The molecule has 118 valence electrons. The van der Waals surface area contributed by atoms with E-state index >= 15 is 0 Å². The van der Waals surface area contributed by atoms with Gasteiger partial charge in [-0.15, -0.1) is 0 Å². The number of aliphatic hydroxyl groups is 5. The highest BCUT2D eigenvalue weighted by molar-refractivity contribution is 5.15. The Morgan fingerprint density at radius 1 is 1.10 bits per heavy atom. The van der Waals surface area contributed by atoms with E-state index in [1.807, 2.05) is 30.3 Å². The minimum Gasteiger partial charge on any atom is -0.393 e. The first kappa shape index (κ1) is 16.4. The van der Waals surface area contributed by atoms with Gasteiger partial charge < -0.3 is 30.8 Å². The van der Waals surface area contributed by atoms with Crippen LogP contribution < -0.4 is 5.32 Å². The second-order valence-electron chi connectivity index (χ2n) is 5.69. The van der Waals surface area contributed by atoms with E-state index in [0.717, 1.165) is 12.0 Å². The zero-order valence-electron chi connectivity index (χ0n) is 11.8. The molecule has 1 aromatic carbocycles. The molecule has 0 heterocycles. The van der Waals surface area contributed by atoms with Crippen molar-refractivity contribution in [3.8, 4) is 0 Å². The average molecular weight is 297 g/mol. The van der Waals surface area contributed by atoms with Gasteiger partial charge in [0.25, 0.3) is 0 Å². The van der Waals surface area contributed by atoms with E-state index in [0.29, 0.717) is 6.54 Å². The third-order valence-corrected chi connectivity index (χ3v) is 4.15. The van der Waals surface area contributed by atoms with Crippen LogP contribution in [0, 0.1) is 0 Å². The second-order valence-corrected chi connectivity index (χ2v) is 5.69. The van der Waals surface area contributed by atoms with Crippen molar-refractivity contribution >= 4 is 0 Å². The fourth-order valence-corrected chi connectivity index (χ4v) is 2.76. The quantitative estimate of drug-likeness (QED) is 0.390. The number of benzene rings is 1. The highest BCUT2D eigenvalue weighted by Crippen LogP contribution is 2.29. The molecule has 6 N–H and O–H groups in total. The fourth-order valence-electron chi connectivity index (χ4n) is 2.76. The third-order valence-electron chi connectivity index (χ3n) is 4.15. The molecule has 2 rings (SSSR count). The Kier molecular flexibility index (Phi) is 5.32. The van der Waals surface area contributed by atoms with E-state index < -0.39 is 36.6 Å². The standard InChI is InChI=1S/C15H23NO5/c17-9-15(21)8-11(12(18)13(19)14(15)20)16-7-6-10-4-2-1-3-5-10/h1-5,11-14,16-21H,6-9H2/t11-,12-,13+,14-,15-/m0/s1. The molecule has 0 amide bonds. The molecule has 0 aromatic heterocycles. The number of rotatable bonds is 5. The van der Waals surface area contributed by atoms with E-state index in [-0.39, 0.29) is 6.42 Å². The van der Waals surface area contributed by atoms with Crippen LogP contribution in [0.3, 0.4) is 0 Å². The summed E-state index contributed by atoms with van der Waals surface area (Å²) in [7, 11) is 0. The first-order valence-electron chi connectivity index (χ1n) is 7.12. The Morgan fingerprint density at radius 2 is 1.76 bits per heavy atom. The van der Waals surface area contributed by atoms with Crippen LogP contribution in [-0.2, 0) is 6.42 Å². The van der Waals surface area contributed by atoms with Crippen LogP contribution in [0.2, 0.25) is 0 Å². The fraction of sp³-hybridized carbons (Fsp3) is 0.600. The van der Waals surface area contributed by atoms with Crippen molar-refractivity contribution in [2.75, 3.05) is 13.2 Å². The summed E-state index contributed by atoms with van der Waals surface area (Å²) in [6.45, 7) is -0.120. The van der Waals surface area contributed by atoms with Gasteiger partial charge in [0.15, 0.2) is 0 Å². The highest BCUT2D eigenvalue weighted by atomic mass is 16.4. The van der Waals surface area contributed by atoms with Gasteiger partial charge in [0.05, 0.1) is 12.7 Å². The first-order valence-corrected chi connectivity index (χ1v) is 7.12. The van der Waals surface area contributed by atoms with Gasteiger partial charge in [0, 0.05) is 6.04 Å². The number of aliphatic hydroxyl groups excluding tert-OH is 4.